The summed E-state index contributed by atoms with van der Waals surface area (Å²) >= 11 is 1.44. The Labute approximate surface area is 82.2 Å². The summed E-state index contributed by atoms with van der Waals surface area (Å²) in [6.07, 6.45) is -2.46. The van der Waals surface area contributed by atoms with Gasteiger partial charge in [0.1, 0.15) is 6.54 Å². The minimum absolute atomic E-state index is 0.389. The molecule has 14 heavy (non-hydrogen) atoms. The Morgan fingerprint density at radius 1 is 1.50 bits per heavy atom. The highest BCUT2D eigenvalue weighted by Gasteiger charge is 2.10. The standard InChI is InChI=1S/C7H6F2N4S/c8-6(9)4-13-11-7(10-12-13)5-2-1-3-14-5/h1-3,6H,4H2. The minimum Gasteiger partial charge on any atom is -0.208 e. The first kappa shape index (κ1) is 9.20. The van der Waals surface area contributed by atoms with Crippen LogP contribution in [0, 0.1) is 0 Å². The van der Waals surface area contributed by atoms with Gasteiger partial charge in [-0.05, 0) is 16.7 Å². The van der Waals surface area contributed by atoms with Crippen molar-refractivity contribution >= 4 is 11.3 Å². The van der Waals surface area contributed by atoms with E-state index >= 15 is 0 Å². The van der Waals surface area contributed by atoms with Crippen LogP contribution >= 0.6 is 11.3 Å². The molecule has 0 radical (unpaired) electrons. The summed E-state index contributed by atoms with van der Waals surface area (Å²) < 4.78 is 23.9. The number of hydrogen-bond acceptors (Lipinski definition) is 4. The highest BCUT2D eigenvalue weighted by molar-refractivity contribution is 7.13. The Morgan fingerprint density at radius 3 is 3.00 bits per heavy atom. The number of hydrogen-bond donors (Lipinski definition) is 0. The van der Waals surface area contributed by atoms with E-state index in [1.54, 1.807) is 0 Å². The smallest absolute Gasteiger partial charge is 0.208 e. The first-order valence-electron chi connectivity index (χ1n) is 3.85. The molecule has 0 fully saturated rings. The number of thiophene rings is 1. The Balaban J connectivity index is 2.18. The second-order valence-corrected chi connectivity index (χ2v) is 3.48. The van der Waals surface area contributed by atoms with E-state index in [0.29, 0.717) is 5.82 Å². The number of alkyl halides is 2. The van der Waals surface area contributed by atoms with E-state index in [1.807, 2.05) is 17.5 Å². The van der Waals surface area contributed by atoms with Gasteiger partial charge in [-0.2, -0.15) is 4.80 Å². The fraction of sp³-hybridized carbons (Fsp3) is 0.286. The molecule has 0 saturated heterocycles. The van der Waals surface area contributed by atoms with Gasteiger partial charge in [0.15, 0.2) is 0 Å². The van der Waals surface area contributed by atoms with Gasteiger partial charge in [0.05, 0.1) is 4.88 Å². The van der Waals surface area contributed by atoms with Gasteiger partial charge in [-0.25, -0.2) is 8.78 Å². The monoisotopic (exact) mass is 216 g/mol. The van der Waals surface area contributed by atoms with Crippen LogP contribution in [0.3, 0.4) is 0 Å². The first-order valence-corrected chi connectivity index (χ1v) is 4.73. The lowest BCUT2D eigenvalue weighted by Gasteiger charge is -1.94. The third-order valence-corrected chi connectivity index (χ3v) is 2.36. The van der Waals surface area contributed by atoms with Crippen LogP contribution < -0.4 is 0 Å². The summed E-state index contributed by atoms with van der Waals surface area (Å²) in [7, 11) is 0. The van der Waals surface area contributed by atoms with Crippen LogP contribution in [0.5, 0.6) is 0 Å². The van der Waals surface area contributed by atoms with E-state index in [4.69, 9.17) is 0 Å². The lowest BCUT2D eigenvalue weighted by Crippen LogP contribution is -2.09. The summed E-state index contributed by atoms with van der Waals surface area (Å²) in [6, 6.07) is 3.65. The lowest BCUT2D eigenvalue weighted by molar-refractivity contribution is 0.115. The normalized spacial score (nSPS) is 11.1. The number of aromatic nitrogens is 4. The van der Waals surface area contributed by atoms with Crippen molar-refractivity contribution in [2.75, 3.05) is 0 Å². The fourth-order valence-corrected chi connectivity index (χ4v) is 1.60. The van der Waals surface area contributed by atoms with Gasteiger partial charge in [0, 0.05) is 0 Å². The third-order valence-electron chi connectivity index (χ3n) is 1.50. The molecule has 0 aliphatic carbocycles. The van der Waals surface area contributed by atoms with Crippen LogP contribution in [0.1, 0.15) is 0 Å². The number of tetrazole rings is 1. The molecule has 0 saturated carbocycles. The van der Waals surface area contributed by atoms with E-state index in [9.17, 15) is 8.78 Å². The topological polar surface area (TPSA) is 43.6 Å². The molecule has 2 rings (SSSR count). The Hall–Kier alpha value is -1.37. The maximum absolute atomic E-state index is 11.9. The highest BCUT2D eigenvalue weighted by Crippen LogP contribution is 2.19. The van der Waals surface area contributed by atoms with Gasteiger partial charge < -0.3 is 0 Å². The molecular formula is C7H6F2N4S. The van der Waals surface area contributed by atoms with Gasteiger partial charge in [-0.15, -0.1) is 21.5 Å². The molecule has 0 aliphatic rings. The molecule has 2 aromatic heterocycles. The second kappa shape index (κ2) is 3.79. The van der Waals surface area contributed by atoms with Crippen LogP contribution in [-0.4, -0.2) is 26.6 Å². The molecular weight excluding hydrogens is 210 g/mol. The van der Waals surface area contributed by atoms with Crippen molar-refractivity contribution in [2.45, 2.75) is 13.0 Å². The van der Waals surface area contributed by atoms with Gasteiger partial charge in [-0.3, -0.25) is 0 Å². The van der Waals surface area contributed by atoms with Crippen molar-refractivity contribution in [3.8, 4) is 10.7 Å². The quantitative estimate of drug-likeness (QED) is 0.783. The van der Waals surface area contributed by atoms with Crippen molar-refractivity contribution in [1.29, 1.82) is 0 Å². The summed E-state index contributed by atoms with van der Waals surface area (Å²) in [5.74, 6) is 0.389. The predicted molar refractivity (Wildman–Crippen MR) is 47.1 cm³/mol. The third kappa shape index (κ3) is 1.92. The molecule has 0 amide bonds. The molecule has 0 aliphatic heterocycles. The van der Waals surface area contributed by atoms with Gasteiger partial charge in [0.2, 0.25) is 5.82 Å². The largest absolute Gasteiger partial charge is 0.259 e. The Kier molecular flexibility index (Phi) is 2.49. The van der Waals surface area contributed by atoms with Crippen LogP contribution in [0.25, 0.3) is 10.7 Å². The number of nitrogens with zero attached hydrogens (tertiary/aromatic N) is 4. The SMILES string of the molecule is FC(F)Cn1nnc(-c2cccs2)n1. The second-order valence-electron chi connectivity index (χ2n) is 2.54. The average Bonchev–Trinajstić information content (AvgIpc) is 2.69. The highest BCUT2D eigenvalue weighted by atomic mass is 32.1. The van der Waals surface area contributed by atoms with E-state index in [-0.39, 0.29) is 0 Å². The van der Waals surface area contributed by atoms with Crippen molar-refractivity contribution in [3.05, 3.63) is 17.5 Å². The Bertz CT molecular complexity index is 397. The molecule has 74 valence electrons. The van der Waals surface area contributed by atoms with Crippen LogP contribution in [0.4, 0.5) is 8.78 Å². The molecule has 7 heteroatoms. The molecule has 0 aromatic carbocycles. The molecule has 0 spiro atoms. The summed E-state index contributed by atoms with van der Waals surface area (Å²) in [5.41, 5.74) is 0. The van der Waals surface area contributed by atoms with Crippen molar-refractivity contribution in [3.63, 3.8) is 0 Å². The maximum atomic E-state index is 11.9. The minimum atomic E-state index is -2.46. The van der Waals surface area contributed by atoms with Crippen molar-refractivity contribution in [1.82, 2.24) is 20.2 Å². The zero-order valence-electron chi connectivity index (χ0n) is 6.97. The van der Waals surface area contributed by atoms with Crippen molar-refractivity contribution in [2.24, 2.45) is 0 Å². The summed E-state index contributed by atoms with van der Waals surface area (Å²) in [6.45, 7) is -0.516. The molecule has 0 N–H and O–H groups in total. The zero-order chi connectivity index (χ0) is 9.97. The lowest BCUT2D eigenvalue weighted by atomic mass is 10.5. The summed E-state index contributed by atoms with van der Waals surface area (Å²) in [5, 5.41) is 12.9. The number of rotatable bonds is 3. The molecule has 4 nitrogen and oxygen atoms in total. The first-order chi connectivity index (χ1) is 6.75. The zero-order valence-corrected chi connectivity index (χ0v) is 7.79. The predicted octanol–water partition coefficient (Wildman–Crippen LogP) is 1.67. The Morgan fingerprint density at radius 2 is 2.36 bits per heavy atom. The van der Waals surface area contributed by atoms with Gasteiger partial charge >= 0.3 is 0 Å². The van der Waals surface area contributed by atoms with E-state index in [2.05, 4.69) is 15.4 Å². The van der Waals surface area contributed by atoms with Gasteiger partial charge in [0.25, 0.3) is 6.43 Å². The van der Waals surface area contributed by atoms with Crippen LogP contribution in [0.15, 0.2) is 17.5 Å². The molecule has 2 heterocycles. The average molecular weight is 216 g/mol. The molecule has 0 bridgehead atoms. The van der Waals surface area contributed by atoms with Crippen LogP contribution in [0.2, 0.25) is 0 Å². The number of halogens is 2. The molecule has 0 atom stereocenters. The fourth-order valence-electron chi connectivity index (χ4n) is 0.948. The van der Waals surface area contributed by atoms with E-state index in [0.717, 1.165) is 9.67 Å². The van der Waals surface area contributed by atoms with Crippen LogP contribution in [-0.2, 0) is 6.54 Å². The molecule has 2 aromatic rings. The maximum Gasteiger partial charge on any atom is 0.259 e. The molecule has 0 unspecified atom stereocenters. The van der Waals surface area contributed by atoms with E-state index in [1.165, 1.54) is 11.3 Å². The van der Waals surface area contributed by atoms with E-state index < -0.39 is 13.0 Å². The van der Waals surface area contributed by atoms with Crippen molar-refractivity contribution < 1.29 is 8.78 Å². The van der Waals surface area contributed by atoms with Gasteiger partial charge in [-0.1, -0.05) is 6.07 Å². The summed E-state index contributed by atoms with van der Waals surface area (Å²) in [4.78, 5) is 1.73.